The van der Waals surface area contributed by atoms with Gasteiger partial charge in [-0.3, -0.25) is 14.4 Å². The van der Waals surface area contributed by atoms with Crippen molar-refractivity contribution in [2.75, 3.05) is 13.2 Å². The van der Waals surface area contributed by atoms with Crippen molar-refractivity contribution >= 4 is 17.9 Å². The summed E-state index contributed by atoms with van der Waals surface area (Å²) in [6, 6.07) is 0. The Balaban J connectivity index is 4.56. The molecule has 0 N–H and O–H groups in total. The van der Waals surface area contributed by atoms with E-state index < -0.39 is 6.10 Å². The fraction of sp³-hybridized carbons (Fsp3) is 0.590. The Morgan fingerprint density at radius 1 is 0.313 bits per heavy atom. The van der Waals surface area contributed by atoms with Crippen LogP contribution in [-0.4, -0.2) is 37.2 Å². The molecule has 0 radical (unpaired) electrons. The van der Waals surface area contributed by atoms with Crippen LogP contribution in [0.1, 0.15) is 213 Å². The lowest BCUT2D eigenvalue weighted by Gasteiger charge is -2.18. The van der Waals surface area contributed by atoms with E-state index in [-0.39, 0.29) is 37.5 Å². The molecule has 0 saturated heterocycles. The standard InChI is InChI=1S/C61H96O6/c1-4-7-10-13-16-19-22-25-28-29-30-31-34-36-39-42-45-48-51-54-60(63)66-57-58(67-61(64)55-52-49-46-43-40-37-33-27-24-21-18-15-12-9-6-3)56-65-59(62)53-50-47-44-41-38-35-32-26-23-20-17-14-11-8-5-2/h7,9-10,12,16-21,25-28,30-33,36,39-40,43,58H,4-6,8,11,13-15,22-24,29,34-35,37-38,41-42,44-57H2,1-3H3/b10-7-,12-9-,19-16-,20-17-,21-18-,28-25-,31-30-,32-26-,33-27-,39-36-,43-40-/t58-/m0/s1. The third kappa shape index (κ3) is 52.4. The Kier molecular flexibility index (Phi) is 50.6. The topological polar surface area (TPSA) is 78.9 Å². The van der Waals surface area contributed by atoms with Gasteiger partial charge in [0.1, 0.15) is 13.2 Å². The van der Waals surface area contributed by atoms with E-state index in [2.05, 4.69) is 154 Å². The molecule has 0 aromatic carbocycles. The van der Waals surface area contributed by atoms with Gasteiger partial charge in [0.05, 0.1) is 0 Å². The van der Waals surface area contributed by atoms with Gasteiger partial charge in [-0.15, -0.1) is 0 Å². The highest BCUT2D eigenvalue weighted by atomic mass is 16.6. The zero-order chi connectivity index (χ0) is 48.6. The van der Waals surface area contributed by atoms with Gasteiger partial charge in [-0.05, 0) is 135 Å². The first-order chi connectivity index (χ1) is 33.0. The summed E-state index contributed by atoms with van der Waals surface area (Å²) in [5.41, 5.74) is 0. The maximum Gasteiger partial charge on any atom is 0.306 e. The lowest BCUT2D eigenvalue weighted by Crippen LogP contribution is -2.30. The number of rotatable bonds is 46. The van der Waals surface area contributed by atoms with Gasteiger partial charge in [0.15, 0.2) is 6.10 Å². The molecule has 0 fully saturated rings. The molecule has 0 aromatic heterocycles. The van der Waals surface area contributed by atoms with E-state index in [9.17, 15) is 14.4 Å². The van der Waals surface area contributed by atoms with E-state index in [1.54, 1.807) is 0 Å². The fourth-order valence-electron chi connectivity index (χ4n) is 6.66. The van der Waals surface area contributed by atoms with Crippen LogP contribution >= 0.6 is 0 Å². The summed E-state index contributed by atoms with van der Waals surface area (Å²) in [6.45, 7) is 6.29. The van der Waals surface area contributed by atoms with Gasteiger partial charge in [-0.25, -0.2) is 0 Å². The summed E-state index contributed by atoms with van der Waals surface area (Å²) in [4.78, 5) is 38.0. The van der Waals surface area contributed by atoms with E-state index in [1.807, 2.05) is 0 Å². The van der Waals surface area contributed by atoms with Gasteiger partial charge in [-0.1, -0.05) is 193 Å². The van der Waals surface area contributed by atoms with Gasteiger partial charge in [0, 0.05) is 19.3 Å². The molecule has 0 aliphatic heterocycles. The number of esters is 3. The molecular weight excluding hydrogens is 829 g/mol. The predicted octanol–water partition coefficient (Wildman–Crippen LogP) is 17.9. The number of unbranched alkanes of at least 4 members (excludes halogenated alkanes) is 13. The molecule has 0 saturated carbocycles. The quantitative estimate of drug-likeness (QED) is 0.0262. The molecule has 6 heteroatoms. The fourth-order valence-corrected chi connectivity index (χ4v) is 6.66. The zero-order valence-corrected chi connectivity index (χ0v) is 42.9. The first kappa shape index (κ1) is 62.5. The SMILES string of the molecule is CC/C=C\C/C=C\C/C=C\C/C=C\C/C=C\CCCCCC(=O)OC[C@H](COC(=O)CCCCCCC/C=C\C/C=C\CCCCC)OC(=O)CCCC/C=C\C/C=C\C/C=C\C/C=C\CC. The minimum Gasteiger partial charge on any atom is -0.462 e. The zero-order valence-electron chi connectivity index (χ0n) is 42.9. The number of allylic oxidation sites excluding steroid dienone is 22. The van der Waals surface area contributed by atoms with Gasteiger partial charge in [0.2, 0.25) is 0 Å². The number of carbonyl (C=O) groups excluding carboxylic acids is 3. The third-order valence-electron chi connectivity index (χ3n) is 10.6. The molecule has 0 amide bonds. The highest BCUT2D eigenvalue weighted by Crippen LogP contribution is 2.12. The molecule has 67 heavy (non-hydrogen) atoms. The molecule has 0 unspecified atom stereocenters. The van der Waals surface area contributed by atoms with Gasteiger partial charge in [-0.2, -0.15) is 0 Å². The van der Waals surface area contributed by atoms with Crippen LogP contribution in [0.5, 0.6) is 0 Å². The van der Waals surface area contributed by atoms with Crippen molar-refractivity contribution in [3.05, 3.63) is 134 Å². The predicted molar refractivity (Wildman–Crippen MR) is 288 cm³/mol. The summed E-state index contributed by atoms with van der Waals surface area (Å²) >= 11 is 0. The van der Waals surface area contributed by atoms with Crippen molar-refractivity contribution in [2.45, 2.75) is 219 Å². The Hall–Kier alpha value is -4.45. The van der Waals surface area contributed by atoms with Crippen molar-refractivity contribution in [1.82, 2.24) is 0 Å². The molecule has 0 aromatic rings. The van der Waals surface area contributed by atoms with Crippen LogP contribution < -0.4 is 0 Å². The van der Waals surface area contributed by atoms with Gasteiger partial charge in [0.25, 0.3) is 0 Å². The van der Waals surface area contributed by atoms with Crippen LogP contribution in [0.25, 0.3) is 0 Å². The Morgan fingerprint density at radius 2 is 0.582 bits per heavy atom. The normalized spacial score (nSPS) is 13.2. The van der Waals surface area contributed by atoms with Crippen LogP contribution in [0, 0.1) is 0 Å². The molecule has 0 heterocycles. The van der Waals surface area contributed by atoms with Crippen LogP contribution in [0.3, 0.4) is 0 Å². The lowest BCUT2D eigenvalue weighted by atomic mass is 10.1. The highest BCUT2D eigenvalue weighted by Gasteiger charge is 2.19. The molecule has 0 spiro atoms. The Labute approximate surface area is 411 Å². The molecule has 0 bridgehead atoms. The van der Waals surface area contributed by atoms with E-state index in [0.29, 0.717) is 19.3 Å². The third-order valence-corrected chi connectivity index (χ3v) is 10.6. The number of hydrogen-bond acceptors (Lipinski definition) is 6. The van der Waals surface area contributed by atoms with Crippen molar-refractivity contribution in [2.24, 2.45) is 0 Å². The summed E-state index contributed by atoms with van der Waals surface area (Å²) in [5, 5.41) is 0. The number of hydrogen-bond donors (Lipinski definition) is 0. The summed E-state index contributed by atoms with van der Waals surface area (Å²) < 4.78 is 16.7. The molecule has 6 nitrogen and oxygen atoms in total. The molecule has 0 aliphatic carbocycles. The van der Waals surface area contributed by atoms with E-state index in [1.165, 1.54) is 25.7 Å². The summed E-state index contributed by atoms with van der Waals surface area (Å²) in [7, 11) is 0. The average Bonchev–Trinajstić information content (AvgIpc) is 3.33. The van der Waals surface area contributed by atoms with Crippen LogP contribution in [0.2, 0.25) is 0 Å². The van der Waals surface area contributed by atoms with Crippen molar-refractivity contribution in [3.63, 3.8) is 0 Å². The van der Waals surface area contributed by atoms with Crippen molar-refractivity contribution < 1.29 is 28.6 Å². The van der Waals surface area contributed by atoms with E-state index >= 15 is 0 Å². The second-order valence-electron chi connectivity index (χ2n) is 17.0. The minimum absolute atomic E-state index is 0.118. The second kappa shape index (κ2) is 54.2. The number of ether oxygens (including phenoxy) is 3. The van der Waals surface area contributed by atoms with Gasteiger partial charge >= 0.3 is 17.9 Å². The smallest absolute Gasteiger partial charge is 0.306 e. The Bertz CT molecular complexity index is 1480. The lowest BCUT2D eigenvalue weighted by molar-refractivity contribution is -0.167. The van der Waals surface area contributed by atoms with Crippen LogP contribution in [0.4, 0.5) is 0 Å². The van der Waals surface area contributed by atoms with E-state index in [4.69, 9.17) is 14.2 Å². The molecule has 0 aliphatic rings. The van der Waals surface area contributed by atoms with Crippen molar-refractivity contribution in [1.29, 1.82) is 0 Å². The second-order valence-corrected chi connectivity index (χ2v) is 17.0. The maximum atomic E-state index is 12.8. The van der Waals surface area contributed by atoms with Gasteiger partial charge < -0.3 is 14.2 Å². The molecular formula is C61H96O6. The first-order valence-electron chi connectivity index (χ1n) is 26.7. The van der Waals surface area contributed by atoms with Crippen molar-refractivity contribution in [3.8, 4) is 0 Å². The molecule has 1 atom stereocenters. The largest absolute Gasteiger partial charge is 0.462 e. The Morgan fingerprint density at radius 3 is 0.955 bits per heavy atom. The summed E-state index contributed by atoms with van der Waals surface area (Å²) in [5.74, 6) is -1.01. The van der Waals surface area contributed by atoms with Crippen LogP contribution in [0.15, 0.2) is 134 Å². The average molecular weight is 925 g/mol. The summed E-state index contributed by atoms with van der Waals surface area (Å²) in [6.07, 6.45) is 75.8. The highest BCUT2D eigenvalue weighted by molar-refractivity contribution is 5.71. The van der Waals surface area contributed by atoms with Crippen LogP contribution in [-0.2, 0) is 28.6 Å². The minimum atomic E-state index is -0.824. The maximum absolute atomic E-state index is 12.8. The van der Waals surface area contributed by atoms with E-state index in [0.717, 1.165) is 141 Å². The molecule has 0 rings (SSSR count). The number of carbonyl (C=O) groups is 3. The monoisotopic (exact) mass is 925 g/mol. The first-order valence-corrected chi connectivity index (χ1v) is 26.7. The molecule has 376 valence electrons.